The van der Waals surface area contributed by atoms with Crippen LogP contribution in [0.4, 0.5) is 4.79 Å². The third-order valence-corrected chi connectivity index (χ3v) is 2.54. The van der Waals surface area contributed by atoms with Crippen LogP contribution >= 0.6 is 0 Å². The van der Waals surface area contributed by atoms with Gasteiger partial charge in [-0.15, -0.1) is 0 Å². The highest BCUT2D eigenvalue weighted by molar-refractivity contribution is 5.82. The van der Waals surface area contributed by atoms with Gasteiger partial charge in [-0.1, -0.05) is 6.92 Å². The summed E-state index contributed by atoms with van der Waals surface area (Å²) in [5.74, 6) is -0.129. The van der Waals surface area contributed by atoms with Crippen molar-refractivity contribution >= 4 is 11.9 Å². The van der Waals surface area contributed by atoms with E-state index in [0.29, 0.717) is 19.6 Å². The molecule has 5 nitrogen and oxygen atoms in total. The first-order valence-electron chi connectivity index (χ1n) is 5.93. The van der Waals surface area contributed by atoms with Gasteiger partial charge in [0.15, 0.2) is 0 Å². The van der Waals surface area contributed by atoms with Crippen LogP contribution in [0.2, 0.25) is 0 Å². The van der Waals surface area contributed by atoms with Crippen molar-refractivity contribution in [2.45, 2.75) is 45.8 Å². The normalized spacial score (nSPS) is 24.5. The molecule has 2 atom stereocenters. The van der Waals surface area contributed by atoms with Gasteiger partial charge < -0.3 is 14.8 Å². The molecule has 1 fully saturated rings. The van der Waals surface area contributed by atoms with Crippen molar-refractivity contribution in [3.63, 3.8) is 0 Å². The highest BCUT2D eigenvalue weighted by atomic mass is 16.6. The fourth-order valence-corrected chi connectivity index (χ4v) is 1.73. The number of carbonyl (C=O) groups excluding carboxylic acids is 2. The van der Waals surface area contributed by atoms with E-state index in [1.165, 1.54) is 0 Å². The van der Waals surface area contributed by atoms with Gasteiger partial charge in [0.05, 0.1) is 25.2 Å². The summed E-state index contributed by atoms with van der Waals surface area (Å²) >= 11 is 0. The summed E-state index contributed by atoms with van der Waals surface area (Å²) in [6.07, 6.45) is -0.0394. The number of hydrogen-bond donors (Lipinski definition) is 1. The first-order chi connectivity index (χ1) is 7.83. The summed E-state index contributed by atoms with van der Waals surface area (Å²) in [6.45, 7) is 7.96. The number of rotatable bonds is 3. The molecule has 1 N–H and O–H groups in total. The van der Waals surface area contributed by atoms with E-state index in [-0.39, 0.29) is 17.7 Å². The highest BCUT2D eigenvalue weighted by Gasteiger charge is 2.34. The molecule has 1 aliphatic rings. The average Bonchev–Trinajstić information content (AvgIpc) is 2.61. The Morgan fingerprint density at radius 1 is 1.35 bits per heavy atom. The summed E-state index contributed by atoms with van der Waals surface area (Å²) < 4.78 is 10.4. The molecule has 0 aliphatic carbocycles. The molecular formula is C12H21NO4. The van der Waals surface area contributed by atoms with E-state index < -0.39 is 11.7 Å². The van der Waals surface area contributed by atoms with Gasteiger partial charge in [0.2, 0.25) is 0 Å². The van der Waals surface area contributed by atoms with Crippen molar-refractivity contribution in [3.8, 4) is 0 Å². The smallest absolute Gasteiger partial charge is 0.407 e. The Morgan fingerprint density at radius 3 is 2.53 bits per heavy atom. The number of carbonyl (C=O) groups is 2. The average molecular weight is 243 g/mol. The van der Waals surface area contributed by atoms with E-state index in [2.05, 4.69) is 5.32 Å². The lowest BCUT2D eigenvalue weighted by Gasteiger charge is -2.23. The Hall–Kier alpha value is -1.10. The monoisotopic (exact) mass is 243 g/mol. The molecule has 17 heavy (non-hydrogen) atoms. The number of hydrogen-bond acceptors (Lipinski definition) is 4. The van der Waals surface area contributed by atoms with E-state index in [9.17, 15) is 9.59 Å². The molecule has 1 amide bonds. The van der Waals surface area contributed by atoms with Crippen LogP contribution in [0.5, 0.6) is 0 Å². The zero-order valence-electron chi connectivity index (χ0n) is 10.9. The Morgan fingerprint density at radius 2 is 2.00 bits per heavy atom. The lowest BCUT2D eigenvalue weighted by Crippen LogP contribution is -2.44. The molecule has 0 aromatic heterocycles. The van der Waals surface area contributed by atoms with Crippen LogP contribution in [0, 0.1) is 5.92 Å². The molecule has 1 aliphatic heterocycles. The van der Waals surface area contributed by atoms with Crippen molar-refractivity contribution in [2.24, 2.45) is 5.92 Å². The number of Topliss-reactive ketones (excluding diaryl/α,β-unsaturated/α-hetero) is 1. The number of ketones is 1. The zero-order chi connectivity index (χ0) is 13.1. The Kier molecular flexibility index (Phi) is 4.51. The highest BCUT2D eigenvalue weighted by Crippen LogP contribution is 2.17. The van der Waals surface area contributed by atoms with Gasteiger partial charge in [-0.25, -0.2) is 4.79 Å². The lowest BCUT2D eigenvalue weighted by atomic mass is 9.97. The summed E-state index contributed by atoms with van der Waals surface area (Å²) in [5.41, 5.74) is -0.534. The molecule has 0 aromatic rings. The van der Waals surface area contributed by atoms with Crippen LogP contribution < -0.4 is 5.32 Å². The van der Waals surface area contributed by atoms with Crippen LogP contribution in [0.15, 0.2) is 0 Å². The molecule has 0 bridgehead atoms. The predicted octanol–water partition coefficient (Wildman–Crippen LogP) is 1.51. The molecule has 0 saturated carbocycles. The van der Waals surface area contributed by atoms with Crippen molar-refractivity contribution in [1.82, 2.24) is 5.32 Å². The molecule has 5 heteroatoms. The van der Waals surface area contributed by atoms with Crippen molar-refractivity contribution in [1.29, 1.82) is 0 Å². The van der Waals surface area contributed by atoms with Gasteiger partial charge >= 0.3 is 6.09 Å². The Balaban J connectivity index is 2.50. The second kappa shape index (κ2) is 5.49. The van der Waals surface area contributed by atoms with Crippen molar-refractivity contribution < 1.29 is 19.1 Å². The van der Waals surface area contributed by atoms with Gasteiger partial charge in [0.25, 0.3) is 0 Å². The Labute approximate surface area is 102 Å². The largest absolute Gasteiger partial charge is 0.444 e. The third-order valence-electron chi connectivity index (χ3n) is 2.54. The van der Waals surface area contributed by atoms with Gasteiger partial charge in [-0.3, -0.25) is 4.79 Å². The van der Waals surface area contributed by atoms with Gasteiger partial charge in [0.1, 0.15) is 11.4 Å². The second-order valence-electron chi connectivity index (χ2n) is 5.22. The minimum absolute atomic E-state index is 0.114. The molecule has 98 valence electrons. The topological polar surface area (TPSA) is 64.6 Å². The minimum atomic E-state index is -0.534. The van der Waals surface area contributed by atoms with E-state index >= 15 is 0 Å². The number of amides is 1. The molecule has 1 saturated heterocycles. The molecule has 2 unspecified atom stereocenters. The molecule has 0 radical (unpaired) electrons. The standard InChI is InChI=1S/C12H21NO4/c1-5-10(14)8-6-16-7-9(8)13-11(15)17-12(2,3)4/h8-9H,5-7H2,1-4H3,(H,13,15). The second-order valence-corrected chi connectivity index (χ2v) is 5.22. The molecule has 0 spiro atoms. The maximum Gasteiger partial charge on any atom is 0.407 e. The first kappa shape index (κ1) is 14.0. The summed E-state index contributed by atoms with van der Waals surface area (Å²) in [5, 5.41) is 2.69. The van der Waals surface area contributed by atoms with E-state index in [0.717, 1.165) is 0 Å². The minimum Gasteiger partial charge on any atom is -0.444 e. The van der Waals surface area contributed by atoms with Crippen molar-refractivity contribution in [2.75, 3.05) is 13.2 Å². The maximum absolute atomic E-state index is 11.6. The molecule has 0 aromatic carbocycles. The fourth-order valence-electron chi connectivity index (χ4n) is 1.73. The molecule has 1 heterocycles. The SMILES string of the molecule is CCC(=O)C1COCC1NC(=O)OC(C)(C)C. The van der Waals surface area contributed by atoms with E-state index in [1.807, 2.05) is 6.92 Å². The van der Waals surface area contributed by atoms with Crippen LogP contribution in [0.25, 0.3) is 0 Å². The summed E-state index contributed by atoms with van der Waals surface area (Å²) in [4.78, 5) is 23.2. The number of nitrogens with one attached hydrogen (secondary N) is 1. The van der Waals surface area contributed by atoms with Crippen LogP contribution in [-0.4, -0.2) is 36.7 Å². The predicted molar refractivity (Wildman–Crippen MR) is 62.8 cm³/mol. The van der Waals surface area contributed by atoms with E-state index in [4.69, 9.17) is 9.47 Å². The summed E-state index contributed by atoms with van der Waals surface area (Å²) in [7, 11) is 0. The van der Waals surface area contributed by atoms with Gasteiger partial charge in [-0.2, -0.15) is 0 Å². The Bertz CT molecular complexity index is 295. The van der Waals surface area contributed by atoms with Gasteiger partial charge in [-0.05, 0) is 20.8 Å². The molecule has 1 rings (SSSR count). The zero-order valence-corrected chi connectivity index (χ0v) is 10.9. The molecular weight excluding hydrogens is 222 g/mol. The quantitative estimate of drug-likeness (QED) is 0.816. The van der Waals surface area contributed by atoms with Crippen LogP contribution in [0.3, 0.4) is 0 Å². The summed E-state index contributed by atoms with van der Waals surface area (Å²) in [6, 6.07) is -0.266. The third kappa shape index (κ3) is 4.34. The van der Waals surface area contributed by atoms with Crippen LogP contribution in [0.1, 0.15) is 34.1 Å². The van der Waals surface area contributed by atoms with Gasteiger partial charge in [0, 0.05) is 6.42 Å². The number of ether oxygens (including phenoxy) is 2. The van der Waals surface area contributed by atoms with Crippen LogP contribution in [-0.2, 0) is 14.3 Å². The van der Waals surface area contributed by atoms with Crippen molar-refractivity contribution in [3.05, 3.63) is 0 Å². The first-order valence-corrected chi connectivity index (χ1v) is 5.93. The number of alkyl carbamates (subject to hydrolysis) is 1. The maximum atomic E-state index is 11.6. The fraction of sp³-hybridized carbons (Fsp3) is 0.833. The lowest BCUT2D eigenvalue weighted by molar-refractivity contribution is -0.122. The van der Waals surface area contributed by atoms with E-state index in [1.54, 1.807) is 20.8 Å².